The molecule has 0 aliphatic heterocycles. The van der Waals surface area contributed by atoms with Crippen molar-refractivity contribution in [2.24, 2.45) is 0 Å². The van der Waals surface area contributed by atoms with Gasteiger partial charge in [0.15, 0.2) is 23.1 Å². The molecule has 0 bridgehead atoms. The fraction of sp³-hybridized carbons (Fsp3) is 0. The number of hydrogen-bond acceptors (Lipinski definition) is 5. The molecule has 3 aromatic carbocycles. The summed E-state index contributed by atoms with van der Waals surface area (Å²) in [4.78, 5) is 25.4. The maximum absolute atomic E-state index is 12.8. The molecule has 1 aliphatic rings. The Hall–Kier alpha value is -3.60. The molecule has 5 heteroatoms. The van der Waals surface area contributed by atoms with Crippen LogP contribution in [-0.2, 0) is 0 Å². The van der Waals surface area contributed by atoms with Gasteiger partial charge < -0.3 is 14.9 Å². The lowest BCUT2D eigenvalue weighted by Gasteiger charge is -2.20. The Balaban J connectivity index is 1.90. The van der Waals surface area contributed by atoms with E-state index in [1.807, 2.05) is 0 Å². The highest BCUT2D eigenvalue weighted by Gasteiger charge is 2.36. The topological polar surface area (TPSA) is 83.8 Å². The molecule has 0 amide bonds. The van der Waals surface area contributed by atoms with E-state index in [2.05, 4.69) is 0 Å². The maximum atomic E-state index is 12.8. The predicted octanol–water partition coefficient (Wildman–Crippen LogP) is 3.67. The van der Waals surface area contributed by atoms with E-state index in [1.54, 1.807) is 42.5 Å². The lowest BCUT2D eigenvalue weighted by atomic mass is 9.83. The van der Waals surface area contributed by atoms with Gasteiger partial charge in [0.25, 0.3) is 0 Å². The highest BCUT2D eigenvalue weighted by Crippen LogP contribution is 2.44. The summed E-state index contributed by atoms with van der Waals surface area (Å²) in [5.41, 5.74) is -0.0609. The number of carbonyl (C=O) groups excluding carboxylic acids is 2. The monoisotopic (exact) mass is 332 g/mol. The van der Waals surface area contributed by atoms with Crippen molar-refractivity contribution < 1.29 is 24.5 Å². The van der Waals surface area contributed by atoms with Gasteiger partial charge in [0, 0.05) is 17.2 Å². The van der Waals surface area contributed by atoms with Crippen LogP contribution in [0.1, 0.15) is 31.8 Å². The van der Waals surface area contributed by atoms with Crippen LogP contribution in [0.5, 0.6) is 23.0 Å². The zero-order valence-corrected chi connectivity index (χ0v) is 12.9. The van der Waals surface area contributed by atoms with Crippen molar-refractivity contribution in [1.82, 2.24) is 0 Å². The molecule has 5 nitrogen and oxygen atoms in total. The molecule has 3 aromatic rings. The lowest BCUT2D eigenvalue weighted by molar-refractivity contribution is 0.0973. The number of carbonyl (C=O) groups is 2. The van der Waals surface area contributed by atoms with Crippen LogP contribution < -0.4 is 4.74 Å². The first-order valence-electron chi connectivity index (χ1n) is 7.58. The quantitative estimate of drug-likeness (QED) is 0.547. The summed E-state index contributed by atoms with van der Waals surface area (Å²) in [6.07, 6.45) is 0. The predicted molar refractivity (Wildman–Crippen MR) is 89.6 cm³/mol. The Kier molecular flexibility index (Phi) is 3.28. The van der Waals surface area contributed by atoms with E-state index in [0.717, 1.165) is 6.07 Å². The van der Waals surface area contributed by atoms with Crippen molar-refractivity contribution in [3.63, 3.8) is 0 Å². The minimum atomic E-state index is -0.531. The molecule has 25 heavy (non-hydrogen) atoms. The molecule has 0 aromatic heterocycles. The number of para-hydroxylation sites is 1. The van der Waals surface area contributed by atoms with Crippen molar-refractivity contribution in [2.75, 3.05) is 0 Å². The smallest absolute Gasteiger partial charge is 0.198 e. The zero-order valence-electron chi connectivity index (χ0n) is 12.9. The van der Waals surface area contributed by atoms with Crippen LogP contribution in [0.4, 0.5) is 0 Å². The van der Waals surface area contributed by atoms with Gasteiger partial charge in [0.2, 0.25) is 0 Å². The fourth-order valence-electron chi connectivity index (χ4n) is 2.93. The molecule has 1 aliphatic carbocycles. The van der Waals surface area contributed by atoms with E-state index in [1.165, 1.54) is 12.1 Å². The number of phenolic OH excluding ortho intramolecular Hbond substituents is 2. The van der Waals surface area contributed by atoms with Crippen molar-refractivity contribution in [3.8, 4) is 23.0 Å². The lowest BCUT2D eigenvalue weighted by Crippen LogP contribution is -2.21. The van der Waals surface area contributed by atoms with Crippen LogP contribution in [0.15, 0.2) is 60.7 Å². The maximum Gasteiger partial charge on any atom is 0.198 e. The Morgan fingerprint density at radius 2 is 1.28 bits per heavy atom. The van der Waals surface area contributed by atoms with Crippen molar-refractivity contribution >= 4 is 11.6 Å². The Morgan fingerprint density at radius 1 is 0.720 bits per heavy atom. The number of fused-ring (bicyclic) bond motifs is 2. The van der Waals surface area contributed by atoms with Crippen molar-refractivity contribution in [3.05, 3.63) is 82.9 Å². The third-order valence-corrected chi connectivity index (χ3v) is 4.09. The molecule has 0 unspecified atom stereocenters. The standard InChI is InChI=1S/C20H12O5/c21-14-10-15(25-11-6-2-1-3-7-11)20(24)17-16(14)18(22)12-8-4-5-9-13(12)19(17)23/h1-10,21,24H. The number of ketones is 2. The summed E-state index contributed by atoms with van der Waals surface area (Å²) in [6, 6.07) is 16.1. The molecule has 0 radical (unpaired) electrons. The van der Waals surface area contributed by atoms with Crippen LogP contribution in [0.3, 0.4) is 0 Å². The molecule has 0 heterocycles. The number of ether oxygens (including phenoxy) is 1. The van der Waals surface area contributed by atoms with Crippen LogP contribution in [0, 0.1) is 0 Å². The van der Waals surface area contributed by atoms with Gasteiger partial charge in [-0.2, -0.15) is 0 Å². The summed E-state index contributed by atoms with van der Waals surface area (Å²) < 4.78 is 5.55. The second-order valence-electron chi connectivity index (χ2n) is 5.61. The molecule has 4 rings (SSSR count). The third-order valence-electron chi connectivity index (χ3n) is 4.09. The fourth-order valence-corrected chi connectivity index (χ4v) is 2.93. The summed E-state index contributed by atoms with van der Waals surface area (Å²) in [5.74, 6) is -1.59. The van der Waals surface area contributed by atoms with Gasteiger partial charge in [0.05, 0.1) is 11.1 Å². The van der Waals surface area contributed by atoms with Crippen LogP contribution in [0.2, 0.25) is 0 Å². The van der Waals surface area contributed by atoms with E-state index in [0.29, 0.717) is 5.75 Å². The molecule has 122 valence electrons. The van der Waals surface area contributed by atoms with Crippen LogP contribution in [-0.4, -0.2) is 21.8 Å². The first-order valence-corrected chi connectivity index (χ1v) is 7.58. The average Bonchev–Trinajstić information content (AvgIpc) is 2.63. The number of rotatable bonds is 2. The third kappa shape index (κ3) is 2.25. The van der Waals surface area contributed by atoms with Crippen molar-refractivity contribution in [2.45, 2.75) is 0 Å². The summed E-state index contributed by atoms with van der Waals surface area (Å²) in [6.45, 7) is 0. The van der Waals surface area contributed by atoms with Crippen molar-refractivity contribution in [1.29, 1.82) is 0 Å². The highest BCUT2D eigenvalue weighted by molar-refractivity contribution is 6.30. The van der Waals surface area contributed by atoms with Gasteiger partial charge in [-0.1, -0.05) is 42.5 Å². The van der Waals surface area contributed by atoms with Gasteiger partial charge in [0.1, 0.15) is 11.5 Å². The number of benzene rings is 3. The zero-order chi connectivity index (χ0) is 17.6. The Bertz CT molecular complexity index is 1020. The first kappa shape index (κ1) is 15.0. The molecule has 0 saturated carbocycles. The minimum Gasteiger partial charge on any atom is -0.507 e. The van der Waals surface area contributed by atoms with E-state index < -0.39 is 23.1 Å². The van der Waals surface area contributed by atoms with Gasteiger partial charge in [-0.25, -0.2) is 0 Å². The molecule has 0 atom stereocenters. The van der Waals surface area contributed by atoms with E-state index in [-0.39, 0.29) is 28.0 Å². The second kappa shape index (κ2) is 5.49. The van der Waals surface area contributed by atoms with Gasteiger partial charge >= 0.3 is 0 Å². The molecule has 0 fully saturated rings. The number of phenols is 2. The summed E-state index contributed by atoms with van der Waals surface area (Å²) in [5, 5.41) is 20.8. The molecular weight excluding hydrogens is 320 g/mol. The SMILES string of the molecule is O=C1c2ccccc2C(=O)c2c(O)c(Oc3ccccc3)cc(O)c21. The van der Waals surface area contributed by atoms with Gasteiger partial charge in [-0.05, 0) is 12.1 Å². The van der Waals surface area contributed by atoms with E-state index >= 15 is 0 Å². The molecule has 0 spiro atoms. The largest absolute Gasteiger partial charge is 0.507 e. The molecular formula is C20H12O5. The molecule has 2 N–H and O–H groups in total. The van der Waals surface area contributed by atoms with Gasteiger partial charge in [-0.15, -0.1) is 0 Å². The Labute approximate surface area is 142 Å². The Morgan fingerprint density at radius 3 is 1.92 bits per heavy atom. The second-order valence-corrected chi connectivity index (χ2v) is 5.61. The van der Waals surface area contributed by atoms with Gasteiger partial charge in [-0.3, -0.25) is 9.59 Å². The average molecular weight is 332 g/mol. The minimum absolute atomic E-state index is 0.0945. The van der Waals surface area contributed by atoms with E-state index in [9.17, 15) is 19.8 Å². The van der Waals surface area contributed by atoms with Crippen LogP contribution in [0.25, 0.3) is 0 Å². The first-order chi connectivity index (χ1) is 12.1. The van der Waals surface area contributed by atoms with E-state index in [4.69, 9.17) is 4.74 Å². The summed E-state index contributed by atoms with van der Waals surface area (Å²) >= 11 is 0. The van der Waals surface area contributed by atoms with Crippen LogP contribution >= 0.6 is 0 Å². The highest BCUT2D eigenvalue weighted by atomic mass is 16.5. The molecule has 0 saturated heterocycles. The number of hydrogen-bond donors (Lipinski definition) is 2. The normalized spacial score (nSPS) is 12.5. The number of aromatic hydroxyl groups is 2. The summed E-state index contributed by atoms with van der Waals surface area (Å²) in [7, 11) is 0.